The van der Waals surface area contributed by atoms with Crippen LogP contribution in [0, 0.1) is 12.7 Å². The van der Waals surface area contributed by atoms with Crippen molar-refractivity contribution in [2.45, 2.75) is 38.7 Å². The van der Waals surface area contributed by atoms with E-state index in [0.717, 1.165) is 69.1 Å². The molecule has 25 heavy (non-hydrogen) atoms. The van der Waals surface area contributed by atoms with Crippen molar-refractivity contribution < 1.29 is 13.9 Å². The van der Waals surface area contributed by atoms with Crippen molar-refractivity contribution in [1.29, 1.82) is 0 Å². The zero-order chi connectivity index (χ0) is 17.9. The Hall–Kier alpha value is -1.66. The molecule has 1 aliphatic heterocycles. The van der Waals surface area contributed by atoms with Crippen LogP contribution in [-0.4, -0.2) is 52.0 Å². The number of aliphatic imine (C=N–C) groups is 1. The molecule has 6 heteroatoms. The van der Waals surface area contributed by atoms with Gasteiger partial charge in [-0.25, -0.2) is 4.39 Å². The number of hydrogen-bond donors (Lipinski definition) is 2. The Morgan fingerprint density at radius 1 is 1.36 bits per heavy atom. The molecule has 1 aromatic carbocycles. The van der Waals surface area contributed by atoms with Gasteiger partial charge in [-0.3, -0.25) is 4.99 Å². The molecule has 0 aliphatic carbocycles. The summed E-state index contributed by atoms with van der Waals surface area (Å²) in [7, 11) is 1.76. The molecule has 0 bridgehead atoms. The Balaban J connectivity index is 1.54. The van der Waals surface area contributed by atoms with Gasteiger partial charge in [-0.1, -0.05) is 6.07 Å². The first-order valence-electron chi connectivity index (χ1n) is 9.08. The lowest BCUT2D eigenvalue weighted by Gasteiger charge is -2.13. The quantitative estimate of drug-likeness (QED) is 0.408. The van der Waals surface area contributed by atoms with E-state index >= 15 is 0 Å². The second-order valence-electron chi connectivity index (χ2n) is 6.31. The summed E-state index contributed by atoms with van der Waals surface area (Å²) in [5.41, 5.74) is 2.13. The molecule has 0 radical (unpaired) electrons. The van der Waals surface area contributed by atoms with Gasteiger partial charge in [-0.2, -0.15) is 0 Å². The van der Waals surface area contributed by atoms with E-state index in [2.05, 4.69) is 15.6 Å². The maximum absolute atomic E-state index is 13.1. The summed E-state index contributed by atoms with van der Waals surface area (Å²) in [6.45, 7) is 5.78. The predicted octanol–water partition coefficient (Wildman–Crippen LogP) is 2.43. The highest BCUT2D eigenvalue weighted by Crippen LogP contribution is 2.12. The van der Waals surface area contributed by atoms with Crippen LogP contribution in [0.3, 0.4) is 0 Å². The summed E-state index contributed by atoms with van der Waals surface area (Å²) in [5.74, 6) is 0.590. The smallest absolute Gasteiger partial charge is 0.190 e. The lowest BCUT2D eigenvalue weighted by molar-refractivity contribution is 0.0168. The largest absolute Gasteiger partial charge is 0.379 e. The minimum atomic E-state index is -0.187. The number of nitrogens with one attached hydrogen (secondary N) is 2. The average Bonchev–Trinajstić information content (AvgIpc) is 3.11. The predicted molar refractivity (Wildman–Crippen MR) is 98.6 cm³/mol. The van der Waals surface area contributed by atoms with E-state index in [1.165, 1.54) is 6.07 Å². The second-order valence-corrected chi connectivity index (χ2v) is 6.31. The molecule has 1 aromatic rings. The second kappa shape index (κ2) is 11.1. The third-order valence-electron chi connectivity index (χ3n) is 4.30. The Morgan fingerprint density at radius 3 is 2.92 bits per heavy atom. The maximum Gasteiger partial charge on any atom is 0.190 e. The summed E-state index contributed by atoms with van der Waals surface area (Å²) >= 11 is 0. The van der Waals surface area contributed by atoms with Crippen molar-refractivity contribution in [2.75, 3.05) is 40.0 Å². The van der Waals surface area contributed by atoms with Crippen LogP contribution >= 0.6 is 0 Å². The Bertz CT molecular complexity index is 545. The van der Waals surface area contributed by atoms with Gasteiger partial charge in [0.25, 0.3) is 0 Å². The van der Waals surface area contributed by atoms with Gasteiger partial charge >= 0.3 is 0 Å². The van der Waals surface area contributed by atoms with Crippen LogP contribution in [-0.2, 0) is 15.9 Å². The molecule has 1 saturated heterocycles. The van der Waals surface area contributed by atoms with Gasteiger partial charge in [0.2, 0.25) is 0 Å². The highest BCUT2D eigenvalue weighted by molar-refractivity contribution is 5.79. The fourth-order valence-corrected chi connectivity index (χ4v) is 2.85. The average molecular weight is 351 g/mol. The minimum Gasteiger partial charge on any atom is -0.379 e. The number of aryl methyl sites for hydroxylation is 1. The van der Waals surface area contributed by atoms with Gasteiger partial charge in [0.1, 0.15) is 5.82 Å². The fraction of sp³-hybridized carbons (Fsp3) is 0.632. The highest BCUT2D eigenvalue weighted by atomic mass is 19.1. The minimum absolute atomic E-state index is 0.187. The molecule has 1 aliphatic rings. The molecule has 1 atom stereocenters. The lowest BCUT2D eigenvalue weighted by atomic mass is 10.1. The van der Waals surface area contributed by atoms with Gasteiger partial charge in [0.05, 0.1) is 12.7 Å². The van der Waals surface area contributed by atoms with Crippen LogP contribution in [0.2, 0.25) is 0 Å². The Labute approximate surface area is 150 Å². The van der Waals surface area contributed by atoms with E-state index in [1.807, 2.05) is 13.0 Å². The normalized spacial score (nSPS) is 17.7. The number of benzene rings is 1. The van der Waals surface area contributed by atoms with E-state index < -0.39 is 0 Å². The van der Waals surface area contributed by atoms with Crippen molar-refractivity contribution in [1.82, 2.24) is 10.6 Å². The lowest BCUT2D eigenvalue weighted by Crippen LogP contribution is -2.39. The fourth-order valence-electron chi connectivity index (χ4n) is 2.85. The monoisotopic (exact) mass is 351 g/mol. The molecule has 0 amide bonds. The molecular weight excluding hydrogens is 321 g/mol. The summed E-state index contributed by atoms with van der Waals surface area (Å²) in [5, 5.41) is 6.56. The first kappa shape index (κ1) is 19.7. The number of guanidine groups is 1. The van der Waals surface area contributed by atoms with Crippen molar-refractivity contribution in [3.05, 3.63) is 35.1 Å². The zero-order valence-electron chi connectivity index (χ0n) is 15.3. The SMILES string of the molecule is CN=C(NCCCOCC1CCCO1)NCCc1ccc(F)cc1C. The first-order valence-corrected chi connectivity index (χ1v) is 9.08. The van der Waals surface area contributed by atoms with Crippen LogP contribution in [0.15, 0.2) is 23.2 Å². The number of halogens is 1. The topological polar surface area (TPSA) is 54.9 Å². The highest BCUT2D eigenvalue weighted by Gasteiger charge is 2.14. The Kier molecular flexibility index (Phi) is 8.69. The maximum atomic E-state index is 13.1. The number of ether oxygens (including phenoxy) is 2. The number of hydrogen-bond acceptors (Lipinski definition) is 3. The molecule has 1 fully saturated rings. The van der Waals surface area contributed by atoms with Crippen molar-refractivity contribution >= 4 is 5.96 Å². The van der Waals surface area contributed by atoms with E-state index in [0.29, 0.717) is 6.61 Å². The van der Waals surface area contributed by atoms with E-state index in [1.54, 1.807) is 13.1 Å². The first-order chi connectivity index (χ1) is 12.2. The van der Waals surface area contributed by atoms with Crippen LogP contribution in [0.1, 0.15) is 30.4 Å². The molecular formula is C19H30FN3O2. The summed E-state index contributed by atoms with van der Waals surface area (Å²) in [6, 6.07) is 4.92. The van der Waals surface area contributed by atoms with E-state index in [4.69, 9.17) is 9.47 Å². The summed E-state index contributed by atoms with van der Waals surface area (Å²) in [6.07, 6.45) is 4.30. The molecule has 2 N–H and O–H groups in total. The van der Waals surface area contributed by atoms with Gasteiger partial charge in [-0.15, -0.1) is 0 Å². The molecule has 0 saturated carbocycles. The number of nitrogens with zero attached hydrogens (tertiary/aromatic N) is 1. The Morgan fingerprint density at radius 2 is 2.20 bits per heavy atom. The molecule has 5 nitrogen and oxygen atoms in total. The molecule has 0 aromatic heterocycles. The molecule has 0 spiro atoms. The molecule has 140 valence electrons. The zero-order valence-corrected chi connectivity index (χ0v) is 15.3. The van der Waals surface area contributed by atoms with Crippen molar-refractivity contribution in [2.24, 2.45) is 4.99 Å². The van der Waals surface area contributed by atoms with Crippen LogP contribution in [0.25, 0.3) is 0 Å². The third kappa shape index (κ3) is 7.40. The van der Waals surface area contributed by atoms with E-state index in [-0.39, 0.29) is 11.9 Å². The summed E-state index contributed by atoms with van der Waals surface area (Å²) in [4.78, 5) is 4.21. The van der Waals surface area contributed by atoms with Crippen molar-refractivity contribution in [3.63, 3.8) is 0 Å². The molecule has 1 unspecified atom stereocenters. The van der Waals surface area contributed by atoms with Gasteiger partial charge in [0.15, 0.2) is 5.96 Å². The molecule has 2 rings (SSSR count). The standard InChI is InChI=1S/C19H30FN3O2/c1-15-13-17(20)7-6-16(15)8-10-23-19(21-2)22-9-4-11-24-14-18-5-3-12-25-18/h6-7,13,18H,3-5,8-12,14H2,1-2H3,(H2,21,22,23). The van der Waals surface area contributed by atoms with E-state index in [9.17, 15) is 4.39 Å². The number of rotatable bonds is 9. The summed E-state index contributed by atoms with van der Waals surface area (Å²) < 4.78 is 24.3. The van der Waals surface area contributed by atoms with Crippen LogP contribution in [0.4, 0.5) is 4.39 Å². The van der Waals surface area contributed by atoms with Gasteiger partial charge in [0, 0.05) is 33.4 Å². The van der Waals surface area contributed by atoms with Crippen molar-refractivity contribution in [3.8, 4) is 0 Å². The van der Waals surface area contributed by atoms with Crippen LogP contribution in [0.5, 0.6) is 0 Å². The van der Waals surface area contributed by atoms with Gasteiger partial charge < -0.3 is 20.1 Å². The molecule has 1 heterocycles. The van der Waals surface area contributed by atoms with Crippen LogP contribution < -0.4 is 10.6 Å². The third-order valence-corrected chi connectivity index (χ3v) is 4.30. The van der Waals surface area contributed by atoms with Gasteiger partial charge in [-0.05, 0) is 55.9 Å².